The number of fused-ring (bicyclic) bond motifs is 2. The smallest absolute Gasteiger partial charge is 0.281 e. The molecule has 0 fully saturated rings. The van der Waals surface area contributed by atoms with E-state index in [0.29, 0.717) is 38.7 Å². The first kappa shape index (κ1) is 18.1. The summed E-state index contributed by atoms with van der Waals surface area (Å²) < 4.78 is 1.39. The van der Waals surface area contributed by atoms with E-state index >= 15 is 0 Å². The Morgan fingerprint density at radius 3 is 2.77 bits per heavy atom. The molecule has 3 heterocycles. The second kappa shape index (κ2) is 7.45. The van der Waals surface area contributed by atoms with Crippen LogP contribution in [-0.4, -0.2) is 29.6 Å². The molecule has 0 aliphatic heterocycles. The molecule has 0 saturated carbocycles. The van der Waals surface area contributed by atoms with Crippen molar-refractivity contribution in [1.29, 1.82) is 0 Å². The maximum Gasteiger partial charge on any atom is 0.281 e. The Kier molecular flexibility index (Phi) is 4.49. The van der Waals surface area contributed by atoms with E-state index in [4.69, 9.17) is 11.6 Å². The summed E-state index contributed by atoms with van der Waals surface area (Å²) in [6, 6.07) is 14.6. The molecule has 0 atom stereocenters. The highest BCUT2D eigenvalue weighted by Crippen LogP contribution is 2.20. The van der Waals surface area contributed by atoms with Gasteiger partial charge in [-0.15, -0.1) is 0 Å². The van der Waals surface area contributed by atoms with Crippen LogP contribution in [0.5, 0.6) is 0 Å². The van der Waals surface area contributed by atoms with Crippen LogP contribution in [0.4, 0.5) is 11.5 Å². The molecular formula is C20H15ClN8O. The van der Waals surface area contributed by atoms with Crippen molar-refractivity contribution in [3.63, 3.8) is 0 Å². The maximum atomic E-state index is 13.3. The molecular weight excluding hydrogens is 404 g/mol. The van der Waals surface area contributed by atoms with Crippen molar-refractivity contribution in [2.75, 3.05) is 10.7 Å². The topological polar surface area (TPSA) is 113 Å². The summed E-state index contributed by atoms with van der Waals surface area (Å²) in [7, 11) is 0. The zero-order chi connectivity index (χ0) is 20.5. The number of H-pyrrole nitrogens is 1. The van der Waals surface area contributed by atoms with Gasteiger partial charge in [0.25, 0.3) is 5.56 Å². The lowest BCUT2D eigenvalue weighted by molar-refractivity contribution is 0.783. The van der Waals surface area contributed by atoms with E-state index < -0.39 is 0 Å². The van der Waals surface area contributed by atoms with Gasteiger partial charge in [0.2, 0.25) is 0 Å². The van der Waals surface area contributed by atoms with Gasteiger partial charge in [-0.1, -0.05) is 35.9 Å². The molecule has 30 heavy (non-hydrogen) atoms. The fraction of sp³-hybridized carbons (Fsp3) is 0.0500. The molecule has 9 nitrogen and oxygen atoms in total. The van der Waals surface area contributed by atoms with E-state index in [-0.39, 0.29) is 12.1 Å². The molecule has 0 saturated heterocycles. The minimum Gasteiger partial charge on any atom is -0.361 e. The molecule has 0 aliphatic rings. The van der Waals surface area contributed by atoms with Crippen LogP contribution in [0.15, 0.2) is 66.0 Å². The number of halogens is 1. The third-order valence-corrected chi connectivity index (χ3v) is 4.88. The molecule has 5 aromatic rings. The number of benzene rings is 2. The van der Waals surface area contributed by atoms with Crippen LogP contribution in [0.25, 0.3) is 22.1 Å². The lowest BCUT2D eigenvalue weighted by atomic mass is 10.2. The zero-order valence-corrected chi connectivity index (χ0v) is 16.3. The third-order valence-electron chi connectivity index (χ3n) is 4.57. The van der Waals surface area contributed by atoms with Crippen molar-refractivity contribution < 1.29 is 0 Å². The fourth-order valence-corrected chi connectivity index (χ4v) is 3.42. The molecule has 0 spiro atoms. The Balaban J connectivity index is 1.59. The van der Waals surface area contributed by atoms with Crippen LogP contribution in [0.2, 0.25) is 5.02 Å². The summed E-state index contributed by atoms with van der Waals surface area (Å²) in [5.74, 6) is 1.02. The van der Waals surface area contributed by atoms with Gasteiger partial charge in [-0.05, 0) is 24.3 Å². The lowest BCUT2D eigenvalue weighted by Gasteiger charge is -2.16. The summed E-state index contributed by atoms with van der Waals surface area (Å²) in [6.07, 6.45) is 2.97. The SMILES string of the molecule is O=c1c2c(Cl)cccc2nc(CNc2ncnc3nc[nH]c23)n1Nc1ccccc1. The van der Waals surface area contributed by atoms with Gasteiger partial charge in [0, 0.05) is 0 Å². The average Bonchev–Trinajstić information content (AvgIpc) is 3.25. The first-order valence-corrected chi connectivity index (χ1v) is 9.49. The standard InChI is InChI=1S/C20H15ClN8O/c21-13-7-4-8-14-16(13)20(30)29(28-12-5-2-1-3-6-12)15(27-14)9-22-18-17-19(24-10-23-17)26-11-25-18/h1-8,10-11,28H,9H2,(H2,22,23,24,25,26). The van der Waals surface area contributed by atoms with Crippen LogP contribution in [0.1, 0.15) is 5.82 Å². The zero-order valence-electron chi connectivity index (χ0n) is 15.5. The minimum absolute atomic E-state index is 0.225. The Labute approximate surface area is 174 Å². The molecule has 2 aromatic carbocycles. The summed E-state index contributed by atoms with van der Waals surface area (Å²) in [5.41, 5.74) is 5.31. The number of aromatic amines is 1. The summed E-state index contributed by atoms with van der Waals surface area (Å²) in [6.45, 7) is 0.225. The molecule has 0 aliphatic carbocycles. The van der Waals surface area contributed by atoms with Crippen molar-refractivity contribution in [3.05, 3.63) is 82.4 Å². The summed E-state index contributed by atoms with van der Waals surface area (Å²) in [5, 5.41) is 3.91. The summed E-state index contributed by atoms with van der Waals surface area (Å²) in [4.78, 5) is 33.4. The third kappa shape index (κ3) is 3.20. The Morgan fingerprint density at radius 1 is 1.03 bits per heavy atom. The number of para-hydroxylation sites is 1. The first-order valence-electron chi connectivity index (χ1n) is 9.11. The highest BCUT2D eigenvalue weighted by molar-refractivity contribution is 6.35. The van der Waals surface area contributed by atoms with E-state index in [2.05, 4.69) is 35.7 Å². The quantitative estimate of drug-likeness (QED) is 0.401. The molecule has 3 N–H and O–H groups in total. The lowest BCUT2D eigenvalue weighted by Crippen LogP contribution is -2.32. The minimum atomic E-state index is -0.291. The number of rotatable bonds is 5. The number of nitrogens with one attached hydrogen (secondary N) is 3. The largest absolute Gasteiger partial charge is 0.361 e. The predicted octanol–water partition coefficient (Wildman–Crippen LogP) is 3.20. The second-order valence-corrected chi connectivity index (χ2v) is 6.86. The van der Waals surface area contributed by atoms with Crippen molar-refractivity contribution in [2.45, 2.75) is 6.54 Å². The van der Waals surface area contributed by atoms with E-state index in [9.17, 15) is 4.79 Å². The maximum absolute atomic E-state index is 13.3. The molecule has 148 valence electrons. The van der Waals surface area contributed by atoms with Gasteiger partial charge in [-0.3, -0.25) is 10.2 Å². The molecule has 3 aromatic heterocycles. The van der Waals surface area contributed by atoms with Crippen molar-refractivity contribution in [2.24, 2.45) is 0 Å². The van der Waals surface area contributed by atoms with E-state index in [0.717, 1.165) is 5.69 Å². The molecule has 0 amide bonds. The Hall–Kier alpha value is -3.98. The molecule has 0 radical (unpaired) electrons. The highest BCUT2D eigenvalue weighted by Gasteiger charge is 2.15. The van der Waals surface area contributed by atoms with Gasteiger partial charge in [0.15, 0.2) is 17.3 Å². The second-order valence-electron chi connectivity index (χ2n) is 6.46. The normalized spacial score (nSPS) is 11.1. The number of aromatic nitrogens is 6. The number of hydrogen-bond donors (Lipinski definition) is 3. The van der Waals surface area contributed by atoms with Gasteiger partial charge in [0.05, 0.1) is 34.5 Å². The predicted molar refractivity (Wildman–Crippen MR) is 115 cm³/mol. The van der Waals surface area contributed by atoms with Crippen molar-refractivity contribution >= 4 is 45.2 Å². The van der Waals surface area contributed by atoms with Gasteiger partial charge >= 0.3 is 0 Å². The fourth-order valence-electron chi connectivity index (χ4n) is 3.17. The van der Waals surface area contributed by atoms with Gasteiger partial charge < -0.3 is 10.3 Å². The summed E-state index contributed by atoms with van der Waals surface area (Å²) >= 11 is 6.29. The molecule has 0 unspecified atom stereocenters. The number of nitrogens with zero attached hydrogens (tertiary/aromatic N) is 5. The van der Waals surface area contributed by atoms with Crippen LogP contribution in [-0.2, 0) is 6.54 Å². The number of hydrogen-bond acceptors (Lipinski definition) is 7. The van der Waals surface area contributed by atoms with Crippen molar-refractivity contribution in [1.82, 2.24) is 29.6 Å². The highest BCUT2D eigenvalue weighted by atomic mass is 35.5. The molecule has 10 heteroatoms. The Morgan fingerprint density at radius 2 is 1.90 bits per heavy atom. The molecule has 0 bridgehead atoms. The molecule has 5 rings (SSSR count). The van der Waals surface area contributed by atoms with E-state index in [1.165, 1.54) is 11.0 Å². The van der Waals surface area contributed by atoms with Crippen LogP contribution < -0.4 is 16.3 Å². The van der Waals surface area contributed by atoms with Gasteiger partial charge in [-0.25, -0.2) is 24.6 Å². The monoisotopic (exact) mass is 418 g/mol. The van der Waals surface area contributed by atoms with Crippen LogP contribution in [0.3, 0.4) is 0 Å². The average molecular weight is 419 g/mol. The first-order chi connectivity index (χ1) is 14.7. The van der Waals surface area contributed by atoms with Gasteiger partial charge in [-0.2, -0.15) is 0 Å². The van der Waals surface area contributed by atoms with Crippen LogP contribution in [0, 0.1) is 0 Å². The van der Waals surface area contributed by atoms with Crippen molar-refractivity contribution in [3.8, 4) is 0 Å². The van der Waals surface area contributed by atoms with E-state index in [1.54, 1.807) is 24.5 Å². The van der Waals surface area contributed by atoms with Crippen LogP contribution >= 0.6 is 11.6 Å². The Bertz CT molecular complexity index is 1410. The number of anilines is 2. The van der Waals surface area contributed by atoms with E-state index in [1.807, 2.05) is 30.3 Å². The van der Waals surface area contributed by atoms with Gasteiger partial charge in [0.1, 0.15) is 11.8 Å². The number of imidazole rings is 1.